The van der Waals surface area contributed by atoms with Gasteiger partial charge in [0, 0.05) is 11.6 Å². The molecule has 0 aromatic heterocycles. The van der Waals surface area contributed by atoms with Gasteiger partial charge in [-0.3, -0.25) is 4.79 Å². The summed E-state index contributed by atoms with van der Waals surface area (Å²) in [6.07, 6.45) is 3.76. The van der Waals surface area contributed by atoms with Gasteiger partial charge in [-0.15, -0.1) is 0 Å². The summed E-state index contributed by atoms with van der Waals surface area (Å²) in [5.74, 6) is 0.588. The Balaban J connectivity index is 1.90. The van der Waals surface area contributed by atoms with Crippen LogP contribution in [0.2, 0.25) is 5.02 Å². The van der Waals surface area contributed by atoms with Gasteiger partial charge in [-0.05, 0) is 55.9 Å². The Hall–Kier alpha value is -1.55. The third-order valence-electron chi connectivity index (χ3n) is 4.75. The van der Waals surface area contributed by atoms with Crippen LogP contribution in [0.5, 0.6) is 0 Å². The number of halogens is 1. The number of urea groups is 1. The predicted octanol–water partition coefficient (Wildman–Crippen LogP) is 3.59. The van der Waals surface area contributed by atoms with Crippen molar-refractivity contribution in [3.63, 3.8) is 0 Å². The predicted molar refractivity (Wildman–Crippen MR) is 82.4 cm³/mol. The van der Waals surface area contributed by atoms with Crippen LogP contribution < -0.4 is 10.2 Å². The summed E-state index contributed by atoms with van der Waals surface area (Å²) in [5, 5.41) is 3.47. The second-order valence-corrected chi connectivity index (χ2v) is 6.67. The molecule has 1 N–H and O–H groups in total. The van der Waals surface area contributed by atoms with Crippen molar-refractivity contribution in [2.75, 3.05) is 11.4 Å². The number of benzene rings is 1. The Morgan fingerprint density at radius 3 is 2.43 bits per heavy atom. The lowest BCUT2D eigenvalue weighted by Gasteiger charge is -2.44. The van der Waals surface area contributed by atoms with Gasteiger partial charge in [0.2, 0.25) is 5.91 Å². The van der Waals surface area contributed by atoms with E-state index in [1.54, 1.807) is 24.3 Å². The highest BCUT2D eigenvalue weighted by molar-refractivity contribution is 6.30. The first-order chi connectivity index (χ1) is 10.0. The minimum absolute atomic E-state index is 0.0690. The molecule has 1 aliphatic carbocycles. The van der Waals surface area contributed by atoms with E-state index in [1.807, 2.05) is 0 Å². The number of carbonyl (C=O) groups excluding carboxylic acids is 2. The Morgan fingerprint density at radius 2 is 1.81 bits per heavy atom. The number of rotatable bonds is 1. The quantitative estimate of drug-likeness (QED) is 0.862. The summed E-state index contributed by atoms with van der Waals surface area (Å²) in [6.45, 7) is 2.68. The van der Waals surface area contributed by atoms with E-state index in [4.69, 9.17) is 11.6 Å². The zero-order valence-corrected chi connectivity index (χ0v) is 12.8. The second kappa shape index (κ2) is 5.34. The van der Waals surface area contributed by atoms with E-state index in [-0.39, 0.29) is 11.9 Å². The number of anilines is 1. The number of amides is 3. The largest absolute Gasteiger partial charge is 0.336 e. The molecule has 5 heteroatoms. The normalized spacial score (nSPS) is 29.6. The highest BCUT2D eigenvalue weighted by Gasteiger charge is 2.48. The summed E-state index contributed by atoms with van der Waals surface area (Å²) in [4.78, 5) is 26.4. The van der Waals surface area contributed by atoms with Crippen molar-refractivity contribution in [3.8, 4) is 0 Å². The molecule has 0 radical (unpaired) electrons. The molecule has 1 saturated heterocycles. The number of imide groups is 1. The first-order valence-corrected chi connectivity index (χ1v) is 7.78. The average Bonchev–Trinajstić information content (AvgIpc) is 2.48. The molecule has 1 aliphatic heterocycles. The maximum atomic E-state index is 12.9. The summed E-state index contributed by atoms with van der Waals surface area (Å²) < 4.78 is 0. The Labute approximate surface area is 129 Å². The Morgan fingerprint density at radius 1 is 1.19 bits per heavy atom. The zero-order chi connectivity index (χ0) is 15.0. The molecule has 112 valence electrons. The van der Waals surface area contributed by atoms with Crippen molar-refractivity contribution >= 4 is 29.2 Å². The van der Waals surface area contributed by atoms with Crippen LogP contribution in [0.25, 0.3) is 0 Å². The van der Waals surface area contributed by atoms with Crippen molar-refractivity contribution in [1.29, 1.82) is 0 Å². The fraction of sp³-hybridized carbons (Fsp3) is 0.500. The summed E-state index contributed by atoms with van der Waals surface area (Å²) in [5.41, 5.74) is 0.152. The van der Waals surface area contributed by atoms with Gasteiger partial charge in [0.05, 0.1) is 11.1 Å². The lowest BCUT2D eigenvalue weighted by molar-refractivity contribution is -0.130. The number of carbonyl (C=O) groups is 2. The Bertz CT molecular complexity index is 562. The van der Waals surface area contributed by atoms with Gasteiger partial charge in [-0.2, -0.15) is 0 Å². The lowest BCUT2D eigenvalue weighted by atomic mass is 9.69. The maximum Gasteiger partial charge on any atom is 0.328 e. The van der Waals surface area contributed by atoms with Crippen LogP contribution in [0.15, 0.2) is 24.3 Å². The number of nitrogens with one attached hydrogen (secondary N) is 1. The van der Waals surface area contributed by atoms with E-state index in [0.29, 0.717) is 23.2 Å². The van der Waals surface area contributed by atoms with Crippen LogP contribution in [0.4, 0.5) is 10.5 Å². The molecule has 1 heterocycles. The van der Waals surface area contributed by atoms with Crippen molar-refractivity contribution in [1.82, 2.24) is 5.32 Å². The summed E-state index contributed by atoms with van der Waals surface area (Å²) in [6, 6.07) is 6.48. The molecule has 3 amide bonds. The first kappa shape index (κ1) is 14.4. The van der Waals surface area contributed by atoms with Crippen LogP contribution in [-0.4, -0.2) is 18.5 Å². The topological polar surface area (TPSA) is 49.4 Å². The van der Waals surface area contributed by atoms with Crippen LogP contribution in [0, 0.1) is 11.3 Å². The number of nitrogens with zero attached hydrogens (tertiary/aromatic N) is 1. The fourth-order valence-corrected chi connectivity index (χ4v) is 3.38. The minimum Gasteiger partial charge on any atom is -0.336 e. The Kier molecular flexibility index (Phi) is 3.66. The molecule has 21 heavy (non-hydrogen) atoms. The van der Waals surface area contributed by atoms with Crippen molar-refractivity contribution < 1.29 is 9.59 Å². The van der Waals surface area contributed by atoms with Gasteiger partial charge < -0.3 is 5.32 Å². The van der Waals surface area contributed by atoms with Gasteiger partial charge in [0.1, 0.15) is 0 Å². The standard InChI is InChI=1S/C16H19ClN2O2/c1-11-6-8-16(9-7-11)10-18-15(21)19(14(16)20)13-4-2-12(17)3-5-13/h2-5,11H,6-10H2,1H3,(H,18,21). The molecular formula is C16H19ClN2O2. The third kappa shape index (κ3) is 2.53. The van der Waals surface area contributed by atoms with E-state index >= 15 is 0 Å². The molecule has 4 nitrogen and oxygen atoms in total. The van der Waals surface area contributed by atoms with Crippen molar-refractivity contribution in [3.05, 3.63) is 29.3 Å². The van der Waals surface area contributed by atoms with E-state index in [1.165, 1.54) is 4.90 Å². The molecule has 0 unspecified atom stereocenters. The average molecular weight is 307 g/mol. The van der Waals surface area contributed by atoms with Crippen LogP contribution in [0.3, 0.4) is 0 Å². The van der Waals surface area contributed by atoms with Crippen molar-refractivity contribution in [2.24, 2.45) is 11.3 Å². The zero-order valence-electron chi connectivity index (χ0n) is 12.1. The molecule has 1 aromatic carbocycles. The molecule has 2 aliphatic rings. The van der Waals surface area contributed by atoms with E-state index < -0.39 is 5.41 Å². The van der Waals surface area contributed by atoms with Gasteiger partial charge in [-0.1, -0.05) is 18.5 Å². The third-order valence-corrected chi connectivity index (χ3v) is 5.01. The number of hydrogen-bond acceptors (Lipinski definition) is 2. The van der Waals surface area contributed by atoms with E-state index in [9.17, 15) is 9.59 Å². The molecule has 2 fully saturated rings. The second-order valence-electron chi connectivity index (χ2n) is 6.24. The van der Waals surface area contributed by atoms with Gasteiger partial charge in [0.25, 0.3) is 0 Å². The van der Waals surface area contributed by atoms with Crippen LogP contribution in [0.1, 0.15) is 32.6 Å². The molecule has 3 rings (SSSR count). The fourth-order valence-electron chi connectivity index (χ4n) is 3.26. The molecule has 0 atom stereocenters. The number of hydrogen-bond donors (Lipinski definition) is 1. The van der Waals surface area contributed by atoms with Crippen molar-refractivity contribution in [2.45, 2.75) is 32.6 Å². The minimum atomic E-state index is -0.430. The monoisotopic (exact) mass is 306 g/mol. The molecule has 0 bridgehead atoms. The van der Waals surface area contributed by atoms with Crippen LogP contribution in [-0.2, 0) is 4.79 Å². The first-order valence-electron chi connectivity index (χ1n) is 7.40. The lowest BCUT2D eigenvalue weighted by Crippen LogP contribution is -2.61. The van der Waals surface area contributed by atoms with E-state index in [2.05, 4.69) is 12.2 Å². The molecule has 1 spiro atoms. The highest BCUT2D eigenvalue weighted by atomic mass is 35.5. The molecule has 1 saturated carbocycles. The van der Waals surface area contributed by atoms with Gasteiger partial charge >= 0.3 is 6.03 Å². The molecular weight excluding hydrogens is 288 g/mol. The smallest absolute Gasteiger partial charge is 0.328 e. The van der Waals surface area contributed by atoms with Gasteiger partial charge in [-0.25, -0.2) is 9.69 Å². The van der Waals surface area contributed by atoms with E-state index in [0.717, 1.165) is 25.7 Å². The summed E-state index contributed by atoms with van der Waals surface area (Å²) in [7, 11) is 0. The maximum absolute atomic E-state index is 12.9. The van der Waals surface area contributed by atoms with Crippen LogP contribution >= 0.6 is 11.6 Å². The van der Waals surface area contributed by atoms with Gasteiger partial charge in [0.15, 0.2) is 0 Å². The highest BCUT2D eigenvalue weighted by Crippen LogP contribution is 2.42. The SMILES string of the molecule is CC1CCC2(CC1)CNC(=O)N(c1ccc(Cl)cc1)C2=O. The summed E-state index contributed by atoms with van der Waals surface area (Å²) >= 11 is 5.88. The molecule has 1 aromatic rings.